The smallest absolute Gasteiger partial charge is 0.221 e. The van der Waals surface area contributed by atoms with Gasteiger partial charge < -0.3 is 14.8 Å². The van der Waals surface area contributed by atoms with E-state index in [0.717, 1.165) is 29.7 Å². The Morgan fingerprint density at radius 2 is 2.22 bits per heavy atom. The van der Waals surface area contributed by atoms with E-state index in [1.807, 2.05) is 18.2 Å². The van der Waals surface area contributed by atoms with Gasteiger partial charge >= 0.3 is 0 Å². The molecule has 1 aliphatic heterocycles. The number of hydrogen-bond acceptors (Lipinski definition) is 5. The summed E-state index contributed by atoms with van der Waals surface area (Å²) in [5.74, 6) is 1.49. The van der Waals surface area contributed by atoms with E-state index in [2.05, 4.69) is 10.0 Å². The number of para-hydroxylation sites is 1. The Kier molecular flexibility index (Phi) is 5.84. The summed E-state index contributed by atoms with van der Waals surface area (Å²) in [5, 5.41) is 2.81. The average Bonchev–Trinajstić information content (AvgIpc) is 2.50. The molecule has 8 heteroatoms. The molecular weight excluding hydrogens is 320 g/mol. The summed E-state index contributed by atoms with van der Waals surface area (Å²) in [4.78, 5) is 11.7. The van der Waals surface area contributed by atoms with Crippen molar-refractivity contribution in [2.45, 2.75) is 12.8 Å². The number of methoxy groups -OCH3 is 1. The number of ether oxygens (including phenoxy) is 2. The number of rotatable bonds is 7. The minimum Gasteiger partial charge on any atom is -0.493 e. The molecule has 0 spiro atoms. The minimum atomic E-state index is -3.26. The van der Waals surface area contributed by atoms with Gasteiger partial charge in [0.05, 0.1) is 20.0 Å². The molecule has 1 amide bonds. The molecule has 1 aromatic carbocycles. The number of carbonyl (C=O) groups excluding carboxylic acids is 1. The van der Waals surface area contributed by atoms with Crippen LogP contribution in [0.4, 0.5) is 0 Å². The van der Waals surface area contributed by atoms with Gasteiger partial charge in [0.15, 0.2) is 11.5 Å². The molecule has 0 radical (unpaired) electrons. The summed E-state index contributed by atoms with van der Waals surface area (Å²) in [6.45, 7) is 1.11. The fraction of sp³-hybridized carbons (Fsp3) is 0.533. The average molecular weight is 342 g/mol. The molecule has 0 bridgehead atoms. The molecule has 2 rings (SSSR count). The van der Waals surface area contributed by atoms with E-state index in [0.29, 0.717) is 13.2 Å². The van der Waals surface area contributed by atoms with E-state index >= 15 is 0 Å². The summed E-state index contributed by atoms with van der Waals surface area (Å²) in [6, 6.07) is 5.76. The van der Waals surface area contributed by atoms with Gasteiger partial charge in [-0.1, -0.05) is 12.1 Å². The number of nitrogens with one attached hydrogen (secondary N) is 2. The molecule has 1 atom stereocenters. The zero-order valence-corrected chi connectivity index (χ0v) is 14.1. The molecule has 7 nitrogen and oxygen atoms in total. The molecule has 0 aromatic heterocycles. The van der Waals surface area contributed by atoms with Gasteiger partial charge in [-0.2, -0.15) is 0 Å². The van der Waals surface area contributed by atoms with E-state index in [4.69, 9.17) is 9.47 Å². The SMILES string of the molecule is COc1cccc2c1OC[C@H](CNC(=O)CCNS(C)(=O)=O)C2. The van der Waals surface area contributed by atoms with Gasteiger partial charge in [0.1, 0.15) is 0 Å². The predicted octanol–water partition coefficient (Wildman–Crippen LogP) is 0.302. The lowest BCUT2D eigenvalue weighted by Crippen LogP contribution is -2.36. The number of carbonyl (C=O) groups is 1. The Balaban J connectivity index is 1.78. The third-order valence-electron chi connectivity index (χ3n) is 3.56. The normalized spacial score (nSPS) is 17.0. The first-order valence-electron chi connectivity index (χ1n) is 7.39. The highest BCUT2D eigenvalue weighted by atomic mass is 32.2. The van der Waals surface area contributed by atoms with Crippen molar-refractivity contribution in [3.63, 3.8) is 0 Å². The number of amides is 1. The van der Waals surface area contributed by atoms with Crippen molar-refractivity contribution in [1.82, 2.24) is 10.0 Å². The second kappa shape index (κ2) is 7.65. The fourth-order valence-electron chi connectivity index (χ4n) is 2.45. The van der Waals surface area contributed by atoms with Crippen molar-refractivity contribution in [3.8, 4) is 11.5 Å². The molecule has 1 aromatic rings. The monoisotopic (exact) mass is 342 g/mol. The first-order chi connectivity index (χ1) is 10.9. The van der Waals surface area contributed by atoms with Gasteiger partial charge in [-0.05, 0) is 18.1 Å². The maximum Gasteiger partial charge on any atom is 0.221 e. The van der Waals surface area contributed by atoms with Crippen LogP contribution >= 0.6 is 0 Å². The van der Waals surface area contributed by atoms with Crippen LogP contribution in [0, 0.1) is 5.92 Å². The van der Waals surface area contributed by atoms with E-state index in [1.165, 1.54) is 0 Å². The van der Waals surface area contributed by atoms with Gasteiger partial charge in [0.2, 0.25) is 15.9 Å². The minimum absolute atomic E-state index is 0.103. The Labute approximate surface area is 136 Å². The van der Waals surface area contributed by atoms with Gasteiger partial charge in [0, 0.05) is 25.4 Å². The van der Waals surface area contributed by atoms with Crippen LogP contribution < -0.4 is 19.5 Å². The third-order valence-corrected chi connectivity index (χ3v) is 4.29. The second-order valence-electron chi connectivity index (χ2n) is 5.55. The number of benzene rings is 1. The molecule has 1 heterocycles. The maximum absolute atomic E-state index is 11.7. The zero-order chi connectivity index (χ0) is 16.9. The lowest BCUT2D eigenvalue weighted by Gasteiger charge is -2.26. The standard InChI is InChI=1S/C15H22N2O5S/c1-21-13-5-3-4-12-8-11(10-22-15(12)13)9-16-14(18)6-7-17-23(2,19)20/h3-5,11,17H,6-10H2,1-2H3,(H,16,18)/t11-/m0/s1. The molecule has 0 saturated carbocycles. The number of hydrogen-bond donors (Lipinski definition) is 2. The van der Waals surface area contributed by atoms with Crippen LogP contribution in [-0.2, 0) is 21.2 Å². The fourth-order valence-corrected chi connectivity index (χ4v) is 2.92. The highest BCUT2D eigenvalue weighted by Crippen LogP contribution is 2.35. The Hall–Kier alpha value is -1.80. The van der Waals surface area contributed by atoms with Crippen molar-refractivity contribution >= 4 is 15.9 Å². The molecule has 23 heavy (non-hydrogen) atoms. The van der Waals surface area contributed by atoms with Crippen LogP contribution in [0.3, 0.4) is 0 Å². The van der Waals surface area contributed by atoms with Gasteiger partial charge in [0.25, 0.3) is 0 Å². The van der Waals surface area contributed by atoms with Crippen molar-refractivity contribution < 1.29 is 22.7 Å². The van der Waals surface area contributed by atoms with Crippen molar-refractivity contribution in [2.24, 2.45) is 5.92 Å². The number of fused-ring (bicyclic) bond motifs is 1. The van der Waals surface area contributed by atoms with Crippen LogP contribution in [0.15, 0.2) is 18.2 Å². The second-order valence-corrected chi connectivity index (χ2v) is 7.38. The topological polar surface area (TPSA) is 93.7 Å². The van der Waals surface area contributed by atoms with E-state index in [-0.39, 0.29) is 24.8 Å². The molecule has 2 N–H and O–H groups in total. The van der Waals surface area contributed by atoms with Gasteiger partial charge in [-0.25, -0.2) is 13.1 Å². The van der Waals surface area contributed by atoms with Crippen molar-refractivity contribution in [1.29, 1.82) is 0 Å². The Bertz CT molecular complexity index is 660. The predicted molar refractivity (Wildman–Crippen MR) is 86.2 cm³/mol. The molecule has 0 saturated heterocycles. The van der Waals surface area contributed by atoms with Crippen LogP contribution in [0.25, 0.3) is 0 Å². The Morgan fingerprint density at radius 1 is 1.43 bits per heavy atom. The molecule has 0 aliphatic carbocycles. The lowest BCUT2D eigenvalue weighted by molar-refractivity contribution is -0.121. The number of sulfonamides is 1. The summed E-state index contributed by atoms with van der Waals surface area (Å²) in [5.41, 5.74) is 1.06. The van der Waals surface area contributed by atoms with Crippen LogP contribution in [0.2, 0.25) is 0 Å². The van der Waals surface area contributed by atoms with Crippen LogP contribution in [0.1, 0.15) is 12.0 Å². The Morgan fingerprint density at radius 3 is 2.91 bits per heavy atom. The first kappa shape index (κ1) is 17.6. The van der Waals surface area contributed by atoms with E-state index in [1.54, 1.807) is 7.11 Å². The van der Waals surface area contributed by atoms with E-state index in [9.17, 15) is 13.2 Å². The molecule has 0 unspecified atom stereocenters. The quantitative estimate of drug-likeness (QED) is 0.743. The summed E-state index contributed by atoms with van der Waals surface area (Å²) in [7, 11) is -1.65. The molecule has 1 aliphatic rings. The van der Waals surface area contributed by atoms with Gasteiger partial charge in [-0.15, -0.1) is 0 Å². The summed E-state index contributed by atoms with van der Waals surface area (Å²) in [6.07, 6.45) is 1.98. The van der Waals surface area contributed by atoms with E-state index < -0.39 is 10.0 Å². The van der Waals surface area contributed by atoms with Crippen molar-refractivity contribution in [2.75, 3.05) is 33.1 Å². The largest absolute Gasteiger partial charge is 0.493 e. The highest BCUT2D eigenvalue weighted by molar-refractivity contribution is 7.88. The molecule has 128 valence electrons. The lowest BCUT2D eigenvalue weighted by atomic mass is 9.96. The first-order valence-corrected chi connectivity index (χ1v) is 9.28. The van der Waals surface area contributed by atoms with Crippen LogP contribution in [-0.4, -0.2) is 47.4 Å². The van der Waals surface area contributed by atoms with Crippen LogP contribution in [0.5, 0.6) is 11.5 Å². The highest BCUT2D eigenvalue weighted by Gasteiger charge is 2.22. The third kappa shape index (κ3) is 5.40. The molecule has 0 fully saturated rings. The van der Waals surface area contributed by atoms with Crippen molar-refractivity contribution in [3.05, 3.63) is 23.8 Å². The van der Waals surface area contributed by atoms with Gasteiger partial charge in [-0.3, -0.25) is 4.79 Å². The molecular formula is C15H22N2O5S. The zero-order valence-electron chi connectivity index (χ0n) is 13.3. The summed E-state index contributed by atoms with van der Waals surface area (Å²) >= 11 is 0. The maximum atomic E-state index is 11.7. The summed E-state index contributed by atoms with van der Waals surface area (Å²) < 4.78 is 35.1.